The van der Waals surface area contributed by atoms with Crippen molar-refractivity contribution in [2.45, 2.75) is 25.8 Å². The van der Waals surface area contributed by atoms with Gasteiger partial charge in [-0.2, -0.15) is 0 Å². The molecule has 0 aromatic carbocycles. The van der Waals surface area contributed by atoms with Gasteiger partial charge >= 0.3 is 0 Å². The molecule has 1 fully saturated rings. The summed E-state index contributed by atoms with van der Waals surface area (Å²) >= 11 is 0. The van der Waals surface area contributed by atoms with Gasteiger partial charge in [-0.3, -0.25) is 0 Å². The van der Waals surface area contributed by atoms with E-state index in [1.807, 2.05) is 0 Å². The van der Waals surface area contributed by atoms with Crippen LogP contribution in [0.25, 0.3) is 0 Å². The van der Waals surface area contributed by atoms with E-state index in [1.165, 1.54) is 25.9 Å². The van der Waals surface area contributed by atoms with Crippen molar-refractivity contribution in [2.75, 3.05) is 40.4 Å². The molecule has 0 bridgehead atoms. The standard InChI is InChI=1S/C11H24N2O/c1-10(12-6-9-14-3)11-4-7-13(2)8-5-11/h10-12H,4-9H2,1-3H3. The van der Waals surface area contributed by atoms with Crippen LogP contribution in [0.15, 0.2) is 0 Å². The Bertz CT molecular complexity index is 144. The van der Waals surface area contributed by atoms with E-state index in [4.69, 9.17) is 4.74 Å². The molecule has 0 spiro atoms. The molecule has 1 N–H and O–H groups in total. The predicted molar refractivity (Wildman–Crippen MR) is 59.6 cm³/mol. The smallest absolute Gasteiger partial charge is 0.0587 e. The lowest BCUT2D eigenvalue weighted by molar-refractivity contribution is 0.169. The normalized spacial score (nSPS) is 22.5. The molecule has 1 saturated heterocycles. The van der Waals surface area contributed by atoms with Gasteiger partial charge in [0.25, 0.3) is 0 Å². The molecule has 0 radical (unpaired) electrons. The van der Waals surface area contributed by atoms with Gasteiger partial charge in [-0.1, -0.05) is 0 Å². The van der Waals surface area contributed by atoms with Crippen molar-refractivity contribution in [1.82, 2.24) is 10.2 Å². The quantitative estimate of drug-likeness (QED) is 0.669. The summed E-state index contributed by atoms with van der Waals surface area (Å²) in [6, 6.07) is 0.638. The zero-order valence-electron chi connectivity index (χ0n) is 9.75. The van der Waals surface area contributed by atoms with E-state index < -0.39 is 0 Å². The van der Waals surface area contributed by atoms with Crippen molar-refractivity contribution in [1.29, 1.82) is 0 Å². The number of ether oxygens (including phenoxy) is 1. The summed E-state index contributed by atoms with van der Waals surface area (Å²) in [5.41, 5.74) is 0. The molecule has 0 amide bonds. The first-order valence-corrected chi connectivity index (χ1v) is 5.65. The number of hydrogen-bond donors (Lipinski definition) is 1. The van der Waals surface area contributed by atoms with Crippen molar-refractivity contribution in [3.63, 3.8) is 0 Å². The van der Waals surface area contributed by atoms with E-state index in [-0.39, 0.29) is 0 Å². The molecule has 1 rings (SSSR count). The van der Waals surface area contributed by atoms with Crippen LogP contribution >= 0.6 is 0 Å². The van der Waals surface area contributed by atoms with E-state index in [2.05, 4.69) is 24.2 Å². The number of piperidine rings is 1. The molecule has 1 heterocycles. The van der Waals surface area contributed by atoms with Crippen LogP contribution in [-0.2, 0) is 4.74 Å². The Morgan fingerprint density at radius 1 is 1.43 bits per heavy atom. The SMILES string of the molecule is COCCNC(C)C1CCN(C)CC1. The molecule has 0 saturated carbocycles. The summed E-state index contributed by atoms with van der Waals surface area (Å²) in [5, 5.41) is 3.52. The Balaban J connectivity index is 2.13. The van der Waals surface area contributed by atoms with Crippen molar-refractivity contribution in [3.8, 4) is 0 Å². The molecule has 1 aliphatic rings. The highest BCUT2D eigenvalue weighted by atomic mass is 16.5. The van der Waals surface area contributed by atoms with Crippen LogP contribution in [0.2, 0.25) is 0 Å². The van der Waals surface area contributed by atoms with E-state index in [1.54, 1.807) is 7.11 Å². The summed E-state index contributed by atoms with van der Waals surface area (Å²) in [5.74, 6) is 0.850. The van der Waals surface area contributed by atoms with Gasteiger partial charge in [-0.15, -0.1) is 0 Å². The van der Waals surface area contributed by atoms with Gasteiger partial charge in [0.05, 0.1) is 6.61 Å². The summed E-state index contributed by atoms with van der Waals surface area (Å²) in [4.78, 5) is 2.42. The van der Waals surface area contributed by atoms with Crippen molar-refractivity contribution in [3.05, 3.63) is 0 Å². The van der Waals surface area contributed by atoms with Gasteiger partial charge in [-0.05, 0) is 45.8 Å². The maximum absolute atomic E-state index is 5.03. The molecule has 1 atom stereocenters. The topological polar surface area (TPSA) is 24.5 Å². The van der Waals surface area contributed by atoms with Crippen LogP contribution in [-0.4, -0.2) is 51.3 Å². The fourth-order valence-electron chi connectivity index (χ4n) is 2.08. The third kappa shape index (κ3) is 3.95. The summed E-state index contributed by atoms with van der Waals surface area (Å²) < 4.78 is 5.03. The Morgan fingerprint density at radius 3 is 2.64 bits per heavy atom. The lowest BCUT2D eigenvalue weighted by atomic mass is 9.90. The average Bonchev–Trinajstić information content (AvgIpc) is 2.19. The van der Waals surface area contributed by atoms with Crippen LogP contribution in [0.4, 0.5) is 0 Å². The third-order valence-electron chi connectivity index (χ3n) is 3.24. The van der Waals surface area contributed by atoms with Crippen LogP contribution in [0, 0.1) is 5.92 Å². The number of hydrogen-bond acceptors (Lipinski definition) is 3. The van der Waals surface area contributed by atoms with E-state index >= 15 is 0 Å². The van der Waals surface area contributed by atoms with Crippen LogP contribution < -0.4 is 5.32 Å². The molecule has 0 aliphatic carbocycles. The van der Waals surface area contributed by atoms with Gasteiger partial charge in [0.2, 0.25) is 0 Å². The van der Waals surface area contributed by atoms with Gasteiger partial charge in [0.1, 0.15) is 0 Å². The first kappa shape index (κ1) is 12.0. The molecular weight excluding hydrogens is 176 g/mol. The molecular formula is C11H24N2O. The number of rotatable bonds is 5. The molecule has 0 aromatic rings. The molecule has 0 aromatic heterocycles. The van der Waals surface area contributed by atoms with Gasteiger partial charge in [0, 0.05) is 19.7 Å². The largest absolute Gasteiger partial charge is 0.383 e. The highest BCUT2D eigenvalue weighted by Crippen LogP contribution is 2.19. The molecule has 3 heteroatoms. The Kier molecular flexibility index (Phi) is 5.45. The first-order chi connectivity index (χ1) is 6.74. The van der Waals surface area contributed by atoms with Crippen molar-refractivity contribution in [2.24, 2.45) is 5.92 Å². The fourth-order valence-corrected chi connectivity index (χ4v) is 2.08. The fraction of sp³-hybridized carbons (Fsp3) is 1.00. The molecule has 1 unspecified atom stereocenters. The minimum absolute atomic E-state index is 0.638. The Labute approximate surface area is 87.8 Å². The number of nitrogens with one attached hydrogen (secondary N) is 1. The first-order valence-electron chi connectivity index (χ1n) is 5.65. The Hall–Kier alpha value is -0.120. The maximum atomic E-state index is 5.03. The van der Waals surface area contributed by atoms with Crippen LogP contribution in [0.5, 0.6) is 0 Å². The highest BCUT2D eigenvalue weighted by molar-refractivity contribution is 4.78. The second-order valence-corrected chi connectivity index (χ2v) is 4.38. The average molecular weight is 200 g/mol. The molecule has 14 heavy (non-hydrogen) atoms. The molecule has 84 valence electrons. The van der Waals surface area contributed by atoms with Gasteiger partial charge < -0.3 is 15.0 Å². The number of methoxy groups -OCH3 is 1. The Morgan fingerprint density at radius 2 is 2.07 bits per heavy atom. The van der Waals surface area contributed by atoms with Gasteiger partial charge in [0.15, 0.2) is 0 Å². The second kappa shape index (κ2) is 6.38. The predicted octanol–water partition coefficient (Wildman–Crippen LogP) is 0.953. The molecule has 3 nitrogen and oxygen atoms in total. The van der Waals surface area contributed by atoms with Crippen LogP contribution in [0.1, 0.15) is 19.8 Å². The summed E-state index contributed by atoms with van der Waals surface area (Å²) in [7, 11) is 3.96. The van der Waals surface area contributed by atoms with Crippen molar-refractivity contribution >= 4 is 0 Å². The highest BCUT2D eigenvalue weighted by Gasteiger charge is 2.21. The number of likely N-dealkylation sites (tertiary alicyclic amines) is 1. The lowest BCUT2D eigenvalue weighted by Crippen LogP contribution is -2.41. The number of nitrogens with zero attached hydrogens (tertiary/aromatic N) is 1. The van der Waals surface area contributed by atoms with E-state index in [0.717, 1.165) is 19.1 Å². The van der Waals surface area contributed by atoms with Crippen molar-refractivity contribution < 1.29 is 4.74 Å². The monoisotopic (exact) mass is 200 g/mol. The minimum Gasteiger partial charge on any atom is -0.383 e. The molecule has 1 aliphatic heterocycles. The maximum Gasteiger partial charge on any atom is 0.0587 e. The zero-order chi connectivity index (χ0) is 10.4. The summed E-state index contributed by atoms with van der Waals surface area (Å²) in [6.45, 7) is 6.59. The second-order valence-electron chi connectivity index (χ2n) is 4.38. The zero-order valence-corrected chi connectivity index (χ0v) is 9.75. The van der Waals surface area contributed by atoms with Gasteiger partial charge in [-0.25, -0.2) is 0 Å². The lowest BCUT2D eigenvalue weighted by Gasteiger charge is -2.33. The van der Waals surface area contributed by atoms with E-state index in [9.17, 15) is 0 Å². The third-order valence-corrected chi connectivity index (χ3v) is 3.24. The van der Waals surface area contributed by atoms with Crippen LogP contribution in [0.3, 0.4) is 0 Å². The van der Waals surface area contributed by atoms with E-state index in [0.29, 0.717) is 6.04 Å². The minimum atomic E-state index is 0.638. The summed E-state index contributed by atoms with van der Waals surface area (Å²) in [6.07, 6.45) is 2.66.